The van der Waals surface area contributed by atoms with Crippen LogP contribution in [0.2, 0.25) is 0 Å². The SMILES string of the molecule is Cc1cccc(-c2cccc3c2oc2c(C4CCCCC4)cccc23)c1N(c1ccc2c(c1)C(C)(C)c1ccccc1-2)c1ccc2c(c1)C(C)(C)c1cc(C(C)(C)C)ccc1-2. The highest BCUT2D eigenvalue weighted by molar-refractivity contribution is 6.12. The Labute approximate surface area is 362 Å². The topological polar surface area (TPSA) is 16.4 Å². The van der Waals surface area contributed by atoms with Crippen molar-refractivity contribution in [1.82, 2.24) is 0 Å². The second kappa shape index (κ2) is 13.6. The first-order valence-corrected chi connectivity index (χ1v) is 22.7. The third-order valence-corrected chi connectivity index (χ3v) is 15.0. The normalized spacial score (nSPS) is 16.4. The Balaban J connectivity index is 1.14. The molecule has 0 spiro atoms. The number of hydrogen-bond acceptors (Lipinski definition) is 2. The van der Waals surface area contributed by atoms with Crippen molar-refractivity contribution in [3.05, 3.63) is 172 Å². The highest BCUT2D eigenvalue weighted by Gasteiger charge is 2.39. The van der Waals surface area contributed by atoms with Gasteiger partial charge in [0.2, 0.25) is 0 Å². The number of aryl methyl sites for hydroxylation is 1. The Hall–Kier alpha value is -5.86. The maximum atomic E-state index is 7.17. The minimum absolute atomic E-state index is 0.0736. The lowest BCUT2D eigenvalue weighted by atomic mass is 9.79. The molecule has 304 valence electrons. The molecule has 0 radical (unpaired) electrons. The molecule has 0 aliphatic heterocycles. The van der Waals surface area contributed by atoms with E-state index in [0.717, 1.165) is 28.1 Å². The summed E-state index contributed by atoms with van der Waals surface area (Å²) < 4.78 is 7.17. The van der Waals surface area contributed by atoms with E-state index in [2.05, 4.69) is 194 Å². The summed E-state index contributed by atoms with van der Waals surface area (Å²) in [5.41, 5.74) is 22.5. The Kier molecular flexibility index (Phi) is 8.47. The molecule has 3 aliphatic rings. The van der Waals surface area contributed by atoms with Crippen LogP contribution < -0.4 is 4.90 Å². The summed E-state index contributed by atoms with van der Waals surface area (Å²) in [7, 11) is 0. The number of anilines is 3. The van der Waals surface area contributed by atoms with E-state index in [1.165, 1.54) is 115 Å². The van der Waals surface area contributed by atoms with Crippen molar-refractivity contribution in [3.63, 3.8) is 0 Å². The van der Waals surface area contributed by atoms with Crippen molar-refractivity contribution in [1.29, 1.82) is 0 Å². The zero-order valence-electron chi connectivity index (χ0n) is 37.2. The zero-order valence-corrected chi connectivity index (χ0v) is 37.2. The molecular formula is C59H57NO. The number of furan rings is 1. The van der Waals surface area contributed by atoms with Gasteiger partial charge in [-0.05, 0) is 117 Å². The molecule has 7 aromatic carbocycles. The highest BCUT2D eigenvalue weighted by atomic mass is 16.3. The molecule has 0 atom stereocenters. The molecule has 1 heterocycles. The van der Waals surface area contributed by atoms with Crippen molar-refractivity contribution in [2.45, 2.75) is 110 Å². The van der Waals surface area contributed by atoms with Crippen molar-refractivity contribution < 1.29 is 4.42 Å². The van der Waals surface area contributed by atoms with Crippen LogP contribution in [0.1, 0.15) is 125 Å². The first kappa shape index (κ1) is 38.1. The Morgan fingerprint density at radius 3 is 1.74 bits per heavy atom. The molecule has 1 saturated carbocycles. The first-order chi connectivity index (χ1) is 29.3. The summed E-state index contributed by atoms with van der Waals surface area (Å²) in [5, 5.41) is 2.41. The lowest BCUT2D eigenvalue weighted by Gasteiger charge is -2.32. The summed E-state index contributed by atoms with van der Waals surface area (Å²) in [4.78, 5) is 2.55. The van der Waals surface area contributed by atoms with E-state index in [9.17, 15) is 0 Å². The van der Waals surface area contributed by atoms with Gasteiger partial charge in [-0.1, -0.05) is 177 Å². The van der Waals surface area contributed by atoms with Gasteiger partial charge in [-0.3, -0.25) is 0 Å². The van der Waals surface area contributed by atoms with E-state index in [4.69, 9.17) is 4.42 Å². The summed E-state index contributed by atoms with van der Waals surface area (Å²) in [6.07, 6.45) is 6.41. The molecule has 0 N–H and O–H groups in total. The average Bonchev–Trinajstić information content (AvgIpc) is 3.84. The van der Waals surface area contributed by atoms with Gasteiger partial charge in [0.1, 0.15) is 11.2 Å². The summed E-state index contributed by atoms with van der Waals surface area (Å²) in [6, 6.07) is 51.0. The lowest BCUT2D eigenvalue weighted by molar-refractivity contribution is 0.442. The smallest absolute Gasteiger partial charge is 0.143 e. The number of para-hydroxylation sites is 3. The predicted molar refractivity (Wildman–Crippen MR) is 258 cm³/mol. The van der Waals surface area contributed by atoms with Gasteiger partial charge in [0.05, 0.1) is 5.69 Å². The van der Waals surface area contributed by atoms with Crippen molar-refractivity contribution >= 4 is 39.0 Å². The van der Waals surface area contributed by atoms with Gasteiger partial charge in [0.15, 0.2) is 0 Å². The second-order valence-corrected chi connectivity index (χ2v) is 20.4. The lowest BCUT2D eigenvalue weighted by Crippen LogP contribution is -2.19. The van der Waals surface area contributed by atoms with Gasteiger partial charge in [-0.2, -0.15) is 0 Å². The number of nitrogens with zero attached hydrogens (tertiary/aromatic N) is 1. The Morgan fingerprint density at radius 2 is 1.05 bits per heavy atom. The van der Waals surface area contributed by atoms with Crippen LogP contribution in [0.5, 0.6) is 0 Å². The van der Waals surface area contributed by atoms with Gasteiger partial charge in [-0.25, -0.2) is 0 Å². The van der Waals surface area contributed by atoms with E-state index in [1.807, 2.05) is 0 Å². The van der Waals surface area contributed by atoms with Gasteiger partial charge in [-0.15, -0.1) is 0 Å². The van der Waals surface area contributed by atoms with E-state index in [0.29, 0.717) is 5.92 Å². The Bertz CT molecular complexity index is 3070. The van der Waals surface area contributed by atoms with Crippen molar-refractivity contribution in [2.24, 2.45) is 0 Å². The van der Waals surface area contributed by atoms with Crippen LogP contribution >= 0.6 is 0 Å². The molecule has 3 aliphatic carbocycles. The maximum Gasteiger partial charge on any atom is 0.143 e. The molecule has 61 heavy (non-hydrogen) atoms. The number of hydrogen-bond donors (Lipinski definition) is 0. The fourth-order valence-corrected chi connectivity index (χ4v) is 11.5. The largest absolute Gasteiger partial charge is 0.455 e. The van der Waals surface area contributed by atoms with Crippen LogP contribution in [0.15, 0.2) is 138 Å². The molecule has 1 aromatic heterocycles. The molecule has 8 aromatic rings. The van der Waals surface area contributed by atoms with Crippen molar-refractivity contribution in [2.75, 3.05) is 4.90 Å². The van der Waals surface area contributed by atoms with Gasteiger partial charge >= 0.3 is 0 Å². The quantitative estimate of drug-likeness (QED) is 0.173. The van der Waals surface area contributed by atoms with Crippen LogP contribution in [0.3, 0.4) is 0 Å². The highest BCUT2D eigenvalue weighted by Crippen LogP contribution is 2.55. The monoisotopic (exact) mass is 795 g/mol. The summed E-state index contributed by atoms with van der Waals surface area (Å²) in [6.45, 7) is 18.8. The molecule has 1 fully saturated rings. The fourth-order valence-electron chi connectivity index (χ4n) is 11.5. The molecule has 0 unspecified atom stereocenters. The zero-order chi connectivity index (χ0) is 42.0. The first-order valence-electron chi connectivity index (χ1n) is 22.7. The molecule has 0 bridgehead atoms. The second-order valence-electron chi connectivity index (χ2n) is 20.4. The summed E-state index contributed by atoms with van der Waals surface area (Å²) in [5.74, 6) is 0.553. The molecule has 2 nitrogen and oxygen atoms in total. The van der Waals surface area contributed by atoms with Crippen LogP contribution in [0.4, 0.5) is 17.1 Å². The molecule has 0 saturated heterocycles. The van der Waals surface area contributed by atoms with Gasteiger partial charge < -0.3 is 9.32 Å². The third-order valence-electron chi connectivity index (χ3n) is 15.0. The maximum absolute atomic E-state index is 7.17. The fraction of sp³-hybridized carbons (Fsp3) is 0.288. The number of fused-ring (bicyclic) bond motifs is 9. The third kappa shape index (κ3) is 5.74. The minimum Gasteiger partial charge on any atom is -0.455 e. The van der Waals surface area contributed by atoms with Gasteiger partial charge in [0.25, 0.3) is 0 Å². The predicted octanol–water partition coefficient (Wildman–Crippen LogP) is 17.0. The molecule has 11 rings (SSSR count). The minimum atomic E-state index is -0.167. The molecule has 2 heteroatoms. The van der Waals surface area contributed by atoms with E-state index >= 15 is 0 Å². The van der Waals surface area contributed by atoms with Crippen LogP contribution in [0, 0.1) is 6.92 Å². The molecular weight excluding hydrogens is 739 g/mol. The molecule has 0 amide bonds. The number of rotatable bonds is 5. The van der Waals surface area contributed by atoms with Crippen molar-refractivity contribution in [3.8, 4) is 33.4 Å². The standard InChI is InChI=1S/C59H57NO/c1-36-17-14-22-46(47-23-16-25-49-48-24-15-21-41(55(48)61-56(47)49)37-18-10-9-11-19-37)54(36)60(39-28-31-44-42-20-12-13-26-50(42)58(5,6)52(44)34-39)40-29-32-45-43-30-27-38(57(2,3)4)33-51(43)59(7,8)53(45)35-40/h12-17,20-35,37H,9-11,18-19H2,1-8H3. The van der Waals surface area contributed by atoms with Crippen LogP contribution in [-0.4, -0.2) is 0 Å². The Morgan fingerprint density at radius 1 is 0.508 bits per heavy atom. The van der Waals surface area contributed by atoms with Gasteiger partial charge in [0, 0.05) is 44.1 Å². The summed E-state index contributed by atoms with van der Waals surface area (Å²) >= 11 is 0. The average molecular weight is 796 g/mol. The van der Waals surface area contributed by atoms with Crippen LogP contribution in [0.25, 0.3) is 55.3 Å². The van der Waals surface area contributed by atoms with Crippen LogP contribution in [-0.2, 0) is 16.2 Å². The number of benzene rings is 7. The van der Waals surface area contributed by atoms with E-state index < -0.39 is 0 Å². The van der Waals surface area contributed by atoms with E-state index in [-0.39, 0.29) is 16.2 Å². The van der Waals surface area contributed by atoms with E-state index in [1.54, 1.807) is 0 Å².